The lowest BCUT2D eigenvalue weighted by Gasteiger charge is -2.28. The Balaban J connectivity index is 1.81. The van der Waals surface area contributed by atoms with Gasteiger partial charge in [-0.05, 0) is 35.2 Å². The summed E-state index contributed by atoms with van der Waals surface area (Å²) < 4.78 is 16.4. The molecule has 1 aliphatic heterocycles. The van der Waals surface area contributed by atoms with Gasteiger partial charge in [-0.15, -0.1) is 0 Å². The minimum Gasteiger partial charge on any atom is -0.493 e. The molecule has 0 aliphatic carbocycles. The van der Waals surface area contributed by atoms with Gasteiger partial charge in [-0.3, -0.25) is 9.59 Å². The second kappa shape index (κ2) is 12.7. The van der Waals surface area contributed by atoms with Gasteiger partial charge in [0.1, 0.15) is 6.04 Å². The molecular weight excluding hydrogens is 456 g/mol. The van der Waals surface area contributed by atoms with Crippen molar-refractivity contribution in [1.29, 1.82) is 0 Å². The fraction of sp³-hybridized carbons (Fsp3) is 0.517. The van der Waals surface area contributed by atoms with E-state index in [1.165, 1.54) is 0 Å². The van der Waals surface area contributed by atoms with Gasteiger partial charge >= 0.3 is 0 Å². The number of amides is 2. The zero-order valence-corrected chi connectivity index (χ0v) is 22.5. The van der Waals surface area contributed by atoms with E-state index in [-0.39, 0.29) is 17.7 Å². The van der Waals surface area contributed by atoms with Crippen LogP contribution in [0.15, 0.2) is 36.4 Å². The summed E-state index contributed by atoms with van der Waals surface area (Å²) in [6, 6.07) is 11.4. The molecule has 7 heteroatoms. The Labute approximate surface area is 215 Å². The molecule has 36 heavy (non-hydrogen) atoms. The lowest BCUT2D eigenvalue weighted by Crippen LogP contribution is -2.47. The molecule has 2 unspecified atom stereocenters. The van der Waals surface area contributed by atoms with Crippen molar-refractivity contribution < 1.29 is 23.8 Å². The van der Waals surface area contributed by atoms with Gasteiger partial charge in [-0.2, -0.15) is 0 Å². The molecular formula is C29H40N2O5. The largest absolute Gasteiger partial charge is 0.493 e. The molecule has 1 fully saturated rings. The average Bonchev–Trinajstić information content (AvgIpc) is 2.97. The first-order valence-electron chi connectivity index (χ1n) is 12.8. The molecule has 0 spiro atoms. The number of hydrogen-bond donors (Lipinski definition) is 0. The molecule has 1 heterocycles. The highest BCUT2D eigenvalue weighted by Crippen LogP contribution is 2.41. The maximum atomic E-state index is 13.5. The normalized spacial score (nSPS) is 18.3. The first kappa shape index (κ1) is 27.4. The molecule has 0 aromatic heterocycles. The van der Waals surface area contributed by atoms with Gasteiger partial charge in [-0.25, -0.2) is 0 Å². The molecule has 2 atom stereocenters. The molecule has 2 aromatic rings. The molecule has 7 nitrogen and oxygen atoms in total. The quantitative estimate of drug-likeness (QED) is 0.418. The molecule has 196 valence electrons. The van der Waals surface area contributed by atoms with Crippen LogP contribution < -0.4 is 14.2 Å². The van der Waals surface area contributed by atoms with Gasteiger partial charge in [0.25, 0.3) is 0 Å². The predicted molar refractivity (Wildman–Crippen MR) is 142 cm³/mol. The van der Waals surface area contributed by atoms with Crippen LogP contribution in [0.1, 0.15) is 45.1 Å². The Morgan fingerprint density at radius 1 is 0.861 bits per heavy atom. The van der Waals surface area contributed by atoms with Crippen molar-refractivity contribution in [3.63, 3.8) is 0 Å². The highest BCUT2D eigenvalue weighted by molar-refractivity contribution is 5.91. The Bertz CT molecular complexity index is 1010. The van der Waals surface area contributed by atoms with Gasteiger partial charge in [0.2, 0.25) is 17.6 Å². The highest BCUT2D eigenvalue weighted by atomic mass is 16.5. The van der Waals surface area contributed by atoms with E-state index >= 15 is 0 Å². The Kier molecular flexibility index (Phi) is 9.62. The fourth-order valence-electron chi connectivity index (χ4n) is 4.84. The number of carbonyl (C=O) groups excluding carboxylic acids is 2. The second-order valence-electron chi connectivity index (χ2n) is 9.53. The van der Waals surface area contributed by atoms with Crippen LogP contribution in [0.25, 0.3) is 11.1 Å². The standard InChI is InChI=1S/C29H40N2O5/c1-7-8-9-10-15-31-19-20(2)28(32)30(3)24(29(31)33)16-21-11-13-22(14-12-21)23-17-25(34-4)27(36-6)26(18-23)35-5/h11-14,17-18,20,24H,7-10,15-16,19H2,1-6H3. The van der Waals surface area contributed by atoms with Crippen LogP contribution in [-0.4, -0.2) is 69.1 Å². The van der Waals surface area contributed by atoms with E-state index in [1.54, 1.807) is 33.3 Å². The number of ether oxygens (including phenoxy) is 3. The number of nitrogens with zero attached hydrogens (tertiary/aromatic N) is 2. The number of carbonyl (C=O) groups is 2. The smallest absolute Gasteiger partial charge is 0.245 e. The van der Waals surface area contributed by atoms with Gasteiger partial charge < -0.3 is 24.0 Å². The molecule has 1 saturated heterocycles. The summed E-state index contributed by atoms with van der Waals surface area (Å²) in [6.45, 7) is 5.29. The topological polar surface area (TPSA) is 68.3 Å². The van der Waals surface area contributed by atoms with E-state index in [9.17, 15) is 9.59 Å². The van der Waals surface area contributed by atoms with Crippen molar-refractivity contribution in [3.05, 3.63) is 42.0 Å². The number of methoxy groups -OCH3 is 3. The van der Waals surface area contributed by atoms with E-state index in [0.29, 0.717) is 36.8 Å². The maximum Gasteiger partial charge on any atom is 0.245 e. The van der Waals surface area contributed by atoms with Crippen molar-refractivity contribution in [2.75, 3.05) is 41.5 Å². The molecule has 1 aliphatic rings. The van der Waals surface area contributed by atoms with Crippen LogP contribution in [-0.2, 0) is 16.0 Å². The average molecular weight is 497 g/mol. The number of likely N-dealkylation sites (N-methyl/N-ethyl adjacent to an activating group) is 1. The van der Waals surface area contributed by atoms with Crippen molar-refractivity contribution in [2.45, 2.75) is 52.0 Å². The fourth-order valence-corrected chi connectivity index (χ4v) is 4.84. The highest BCUT2D eigenvalue weighted by Gasteiger charge is 2.37. The van der Waals surface area contributed by atoms with Crippen LogP contribution in [0.3, 0.4) is 0 Å². The molecule has 0 N–H and O–H groups in total. The summed E-state index contributed by atoms with van der Waals surface area (Å²) in [7, 11) is 6.53. The molecule has 0 radical (unpaired) electrons. The lowest BCUT2D eigenvalue weighted by molar-refractivity contribution is -0.140. The summed E-state index contributed by atoms with van der Waals surface area (Å²) in [5, 5.41) is 0. The van der Waals surface area contributed by atoms with Gasteiger partial charge in [0, 0.05) is 26.6 Å². The predicted octanol–water partition coefficient (Wildman–Crippen LogP) is 4.81. The van der Waals surface area contributed by atoms with E-state index < -0.39 is 6.04 Å². The first-order valence-corrected chi connectivity index (χ1v) is 12.8. The zero-order valence-electron chi connectivity index (χ0n) is 22.5. The van der Waals surface area contributed by atoms with Crippen molar-refractivity contribution in [3.8, 4) is 28.4 Å². The first-order chi connectivity index (χ1) is 17.3. The lowest BCUT2D eigenvalue weighted by atomic mass is 9.99. The molecule has 2 aromatic carbocycles. The third kappa shape index (κ3) is 6.12. The summed E-state index contributed by atoms with van der Waals surface area (Å²) >= 11 is 0. The monoisotopic (exact) mass is 496 g/mol. The van der Waals surface area contributed by atoms with Crippen molar-refractivity contribution in [2.24, 2.45) is 5.92 Å². The molecule has 0 bridgehead atoms. The summed E-state index contributed by atoms with van der Waals surface area (Å²) in [4.78, 5) is 30.0. The van der Waals surface area contributed by atoms with Crippen molar-refractivity contribution in [1.82, 2.24) is 9.80 Å². The van der Waals surface area contributed by atoms with Crippen LogP contribution in [0, 0.1) is 5.92 Å². The van der Waals surface area contributed by atoms with Gasteiger partial charge in [-0.1, -0.05) is 57.4 Å². The Morgan fingerprint density at radius 3 is 2.06 bits per heavy atom. The summed E-state index contributed by atoms with van der Waals surface area (Å²) in [5.41, 5.74) is 2.92. The molecule has 0 saturated carbocycles. The van der Waals surface area contributed by atoms with Gasteiger partial charge in [0.05, 0.1) is 27.2 Å². The summed E-state index contributed by atoms with van der Waals surface area (Å²) in [6.07, 6.45) is 4.87. The summed E-state index contributed by atoms with van der Waals surface area (Å²) in [5.74, 6) is 1.60. The van der Waals surface area contributed by atoms with E-state index in [4.69, 9.17) is 14.2 Å². The minimum absolute atomic E-state index is 0.0263. The number of hydrogen-bond acceptors (Lipinski definition) is 5. The zero-order chi connectivity index (χ0) is 26.2. The minimum atomic E-state index is -0.499. The molecule has 2 amide bonds. The van der Waals surface area contributed by atoms with Crippen LogP contribution in [0.5, 0.6) is 17.2 Å². The van der Waals surface area contributed by atoms with E-state index in [2.05, 4.69) is 6.92 Å². The third-order valence-electron chi connectivity index (χ3n) is 6.99. The Hall–Kier alpha value is -3.22. The van der Waals surface area contributed by atoms with Crippen molar-refractivity contribution >= 4 is 11.8 Å². The van der Waals surface area contributed by atoms with Crippen LogP contribution >= 0.6 is 0 Å². The van der Waals surface area contributed by atoms with E-state index in [1.807, 2.05) is 48.2 Å². The van der Waals surface area contributed by atoms with Crippen LogP contribution in [0.2, 0.25) is 0 Å². The Morgan fingerprint density at radius 2 is 1.50 bits per heavy atom. The third-order valence-corrected chi connectivity index (χ3v) is 6.99. The molecule has 3 rings (SSSR count). The van der Waals surface area contributed by atoms with E-state index in [0.717, 1.165) is 42.4 Å². The second-order valence-corrected chi connectivity index (χ2v) is 9.53. The SMILES string of the molecule is CCCCCCN1CC(C)C(=O)N(C)C(Cc2ccc(-c3cc(OC)c(OC)c(OC)c3)cc2)C1=O. The maximum absolute atomic E-state index is 13.5. The number of rotatable bonds is 11. The number of benzene rings is 2. The van der Waals surface area contributed by atoms with Gasteiger partial charge in [0.15, 0.2) is 11.5 Å². The van der Waals surface area contributed by atoms with Crippen LogP contribution in [0.4, 0.5) is 0 Å². The number of unbranched alkanes of at least 4 members (excludes halogenated alkanes) is 3.